The maximum Gasteiger partial charge on any atom is 0.410 e. The lowest BCUT2D eigenvalue weighted by atomic mass is 9.85. The second-order valence-electron chi connectivity index (χ2n) is 5.31. The van der Waals surface area contributed by atoms with Crippen molar-refractivity contribution in [3.63, 3.8) is 0 Å². The van der Waals surface area contributed by atoms with E-state index in [4.69, 9.17) is 9.26 Å². The highest BCUT2D eigenvalue weighted by atomic mass is 16.6. The smallest absolute Gasteiger partial charge is 0.410 e. The molecule has 0 radical (unpaired) electrons. The monoisotopic (exact) mass is 294 g/mol. The molecule has 1 aromatic rings. The van der Waals surface area contributed by atoms with E-state index in [1.54, 1.807) is 0 Å². The summed E-state index contributed by atoms with van der Waals surface area (Å²) in [6.45, 7) is 1.25. The minimum Gasteiger partial charge on any atom is -0.448 e. The Morgan fingerprint density at radius 1 is 1.43 bits per heavy atom. The van der Waals surface area contributed by atoms with Crippen molar-refractivity contribution in [1.82, 2.24) is 20.4 Å². The predicted molar refractivity (Wildman–Crippen MR) is 70.5 cm³/mol. The van der Waals surface area contributed by atoms with Gasteiger partial charge in [-0.1, -0.05) is 11.6 Å². The minimum atomic E-state index is -0.437. The van der Waals surface area contributed by atoms with Gasteiger partial charge in [-0.05, 0) is 12.8 Å². The van der Waals surface area contributed by atoms with E-state index < -0.39 is 6.09 Å². The largest absolute Gasteiger partial charge is 0.448 e. The minimum absolute atomic E-state index is 0.0262. The molecule has 1 N–H and O–H groups in total. The molecular formula is C13H18N4O4. The van der Waals surface area contributed by atoms with Gasteiger partial charge in [-0.25, -0.2) is 4.79 Å². The molecule has 0 bridgehead atoms. The normalized spacial score (nSPS) is 18.5. The Morgan fingerprint density at radius 3 is 2.95 bits per heavy atom. The zero-order valence-electron chi connectivity index (χ0n) is 11.7. The van der Waals surface area contributed by atoms with E-state index >= 15 is 0 Å². The first-order valence-electron chi connectivity index (χ1n) is 7.23. The summed E-state index contributed by atoms with van der Waals surface area (Å²) in [5.41, 5.74) is 0. The van der Waals surface area contributed by atoms with Crippen LogP contribution in [0.4, 0.5) is 4.79 Å². The quantitative estimate of drug-likeness (QED) is 0.818. The van der Waals surface area contributed by atoms with E-state index in [-0.39, 0.29) is 12.5 Å². The van der Waals surface area contributed by atoms with Crippen molar-refractivity contribution in [1.29, 1.82) is 0 Å². The zero-order valence-corrected chi connectivity index (χ0v) is 11.7. The lowest BCUT2D eigenvalue weighted by Gasteiger charge is -2.20. The van der Waals surface area contributed by atoms with Gasteiger partial charge in [0.15, 0.2) is 5.82 Å². The Kier molecular flexibility index (Phi) is 4.03. The van der Waals surface area contributed by atoms with Crippen LogP contribution in [0.25, 0.3) is 0 Å². The van der Waals surface area contributed by atoms with Crippen molar-refractivity contribution in [2.45, 2.75) is 31.6 Å². The summed E-state index contributed by atoms with van der Waals surface area (Å²) in [6, 6.07) is 0. The number of carbonyl (C=O) groups is 2. The molecule has 1 saturated carbocycles. The van der Waals surface area contributed by atoms with Crippen molar-refractivity contribution in [3.8, 4) is 0 Å². The fraction of sp³-hybridized carbons (Fsp3) is 0.692. The Bertz CT molecular complexity index is 526. The number of carbonyl (C=O) groups excluding carboxylic acids is 2. The molecule has 114 valence electrons. The standard InChI is InChI=1S/C13H18N4O4/c18-11(8-17-6-7-20-13(17)19)14-5-4-10-15-12(21-16-10)9-2-1-3-9/h9H,1-8H2,(H,14,18). The third kappa shape index (κ3) is 3.32. The molecule has 2 amide bonds. The van der Waals surface area contributed by atoms with E-state index in [9.17, 15) is 9.59 Å². The maximum atomic E-state index is 11.7. The van der Waals surface area contributed by atoms with Crippen LogP contribution in [0, 0.1) is 0 Å². The number of cyclic esters (lactones) is 1. The molecule has 0 spiro atoms. The number of amides is 2. The molecule has 1 aliphatic heterocycles. The third-order valence-electron chi connectivity index (χ3n) is 3.79. The van der Waals surface area contributed by atoms with Crippen LogP contribution in [-0.4, -0.2) is 53.3 Å². The Balaban J connectivity index is 1.38. The molecule has 0 unspecified atom stereocenters. The number of aromatic nitrogens is 2. The maximum absolute atomic E-state index is 11.7. The van der Waals surface area contributed by atoms with Gasteiger partial charge in [-0.2, -0.15) is 4.98 Å². The van der Waals surface area contributed by atoms with E-state index in [0.29, 0.717) is 43.8 Å². The molecule has 3 rings (SSSR count). The third-order valence-corrected chi connectivity index (χ3v) is 3.79. The molecule has 21 heavy (non-hydrogen) atoms. The lowest BCUT2D eigenvalue weighted by Crippen LogP contribution is -2.38. The van der Waals surface area contributed by atoms with Gasteiger partial charge in [0, 0.05) is 18.9 Å². The average Bonchev–Trinajstić information content (AvgIpc) is 2.98. The number of rotatable bonds is 6. The summed E-state index contributed by atoms with van der Waals surface area (Å²) in [5.74, 6) is 1.53. The molecule has 2 heterocycles. The Hall–Kier alpha value is -2.12. The summed E-state index contributed by atoms with van der Waals surface area (Å²) >= 11 is 0. The molecule has 0 atom stereocenters. The first-order chi connectivity index (χ1) is 10.2. The van der Waals surface area contributed by atoms with Crippen LogP contribution < -0.4 is 5.32 Å². The van der Waals surface area contributed by atoms with Crippen LogP contribution in [0.15, 0.2) is 4.52 Å². The summed E-state index contributed by atoms with van der Waals surface area (Å²) in [6.07, 6.45) is 3.53. The van der Waals surface area contributed by atoms with Crippen molar-refractivity contribution < 1.29 is 18.8 Å². The van der Waals surface area contributed by atoms with Gasteiger partial charge in [0.05, 0.1) is 6.54 Å². The summed E-state index contributed by atoms with van der Waals surface area (Å²) in [5, 5.41) is 6.64. The fourth-order valence-electron chi connectivity index (χ4n) is 2.30. The molecule has 1 aliphatic carbocycles. The van der Waals surface area contributed by atoms with E-state index in [2.05, 4.69) is 15.5 Å². The molecule has 1 aromatic heterocycles. The number of nitrogens with one attached hydrogen (secondary N) is 1. The van der Waals surface area contributed by atoms with Gasteiger partial charge < -0.3 is 14.6 Å². The first-order valence-corrected chi connectivity index (χ1v) is 7.23. The van der Waals surface area contributed by atoms with Crippen LogP contribution in [0.2, 0.25) is 0 Å². The van der Waals surface area contributed by atoms with Crippen molar-refractivity contribution in [3.05, 3.63) is 11.7 Å². The fourth-order valence-corrected chi connectivity index (χ4v) is 2.30. The number of ether oxygens (including phenoxy) is 1. The Labute approximate surface area is 121 Å². The highest BCUT2D eigenvalue weighted by Gasteiger charge is 2.26. The highest BCUT2D eigenvalue weighted by Crippen LogP contribution is 2.35. The van der Waals surface area contributed by atoms with Crippen molar-refractivity contribution in [2.75, 3.05) is 26.2 Å². The van der Waals surface area contributed by atoms with Gasteiger partial charge >= 0.3 is 6.09 Å². The number of nitrogens with zero attached hydrogens (tertiary/aromatic N) is 3. The van der Waals surface area contributed by atoms with Gasteiger partial charge in [-0.3, -0.25) is 9.69 Å². The van der Waals surface area contributed by atoms with Crippen molar-refractivity contribution in [2.24, 2.45) is 0 Å². The molecule has 8 nitrogen and oxygen atoms in total. The van der Waals surface area contributed by atoms with Crippen LogP contribution in [0.5, 0.6) is 0 Å². The van der Waals surface area contributed by atoms with Crippen LogP contribution in [0.1, 0.15) is 36.9 Å². The molecule has 0 aromatic carbocycles. The average molecular weight is 294 g/mol. The summed E-state index contributed by atoms with van der Waals surface area (Å²) < 4.78 is 9.96. The van der Waals surface area contributed by atoms with Crippen LogP contribution in [-0.2, 0) is 16.0 Å². The molecule has 2 fully saturated rings. The SMILES string of the molecule is O=C(CN1CCOC1=O)NCCc1noc(C2CCC2)n1. The predicted octanol–water partition coefficient (Wildman–Crippen LogP) is 0.448. The van der Waals surface area contributed by atoms with Gasteiger partial charge in [0.1, 0.15) is 13.2 Å². The summed E-state index contributed by atoms with van der Waals surface area (Å²) in [7, 11) is 0. The molecule has 1 saturated heterocycles. The first kappa shape index (κ1) is 13.8. The van der Waals surface area contributed by atoms with Gasteiger partial charge in [0.25, 0.3) is 0 Å². The van der Waals surface area contributed by atoms with Crippen LogP contribution >= 0.6 is 0 Å². The topological polar surface area (TPSA) is 97.6 Å². The number of hydrogen-bond donors (Lipinski definition) is 1. The lowest BCUT2D eigenvalue weighted by molar-refractivity contribution is -0.121. The second-order valence-corrected chi connectivity index (χ2v) is 5.31. The van der Waals surface area contributed by atoms with Gasteiger partial charge in [-0.15, -0.1) is 0 Å². The van der Waals surface area contributed by atoms with Crippen LogP contribution in [0.3, 0.4) is 0 Å². The molecular weight excluding hydrogens is 276 g/mol. The van der Waals surface area contributed by atoms with Crippen molar-refractivity contribution >= 4 is 12.0 Å². The molecule has 8 heteroatoms. The molecule has 2 aliphatic rings. The number of hydrogen-bond acceptors (Lipinski definition) is 6. The van der Waals surface area contributed by atoms with E-state index in [1.165, 1.54) is 11.3 Å². The summed E-state index contributed by atoms with van der Waals surface area (Å²) in [4.78, 5) is 28.6. The second kappa shape index (κ2) is 6.11. The van der Waals surface area contributed by atoms with E-state index in [1.807, 2.05) is 0 Å². The highest BCUT2D eigenvalue weighted by molar-refractivity contribution is 5.82. The van der Waals surface area contributed by atoms with Gasteiger partial charge in [0.2, 0.25) is 11.8 Å². The Morgan fingerprint density at radius 2 is 2.29 bits per heavy atom. The van der Waals surface area contributed by atoms with E-state index in [0.717, 1.165) is 12.8 Å². The zero-order chi connectivity index (χ0) is 14.7.